The number of guanidine groups is 1. The minimum Gasteiger partial charge on any atom is -0.359 e. The predicted molar refractivity (Wildman–Crippen MR) is 99.3 cm³/mol. The zero-order chi connectivity index (χ0) is 15.0. The van der Waals surface area contributed by atoms with Gasteiger partial charge in [-0.3, -0.25) is 9.79 Å². The number of carbonyl (C=O) groups excluding carboxylic acids is 1. The second-order valence-corrected chi connectivity index (χ2v) is 6.14. The number of nitrogens with one attached hydrogen (secondary N) is 3. The maximum absolute atomic E-state index is 11.8. The average molecular weight is 410 g/mol. The third kappa shape index (κ3) is 7.33. The van der Waals surface area contributed by atoms with Crippen LogP contribution < -0.4 is 16.0 Å². The molecule has 0 aliphatic heterocycles. The fourth-order valence-corrected chi connectivity index (χ4v) is 2.45. The van der Waals surface area contributed by atoms with E-state index in [-0.39, 0.29) is 29.9 Å². The van der Waals surface area contributed by atoms with Gasteiger partial charge < -0.3 is 16.0 Å². The predicted octanol–water partition coefficient (Wildman–Crippen LogP) is 2.26. The number of halogens is 1. The van der Waals surface area contributed by atoms with E-state index in [1.165, 1.54) is 32.1 Å². The van der Waals surface area contributed by atoms with Crippen LogP contribution in [0.25, 0.3) is 0 Å². The van der Waals surface area contributed by atoms with Crippen LogP contribution in [0, 0.1) is 5.41 Å². The van der Waals surface area contributed by atoms with E-state index in [2.05, 4.69) is 27.9 Å². The van der Waals surface area contributed by atoms with Crippen LogP contribution in [0.3, 0.4) is 0 Å². The highest BCUT2D eigenvalue weighted by Gasteiger charge is 2.26. The van der Waals surface area contributed by atoms with Crippen LogP contribution in [0.4, 0.5) is 0 Å². The molecule has 124 valence electrons. The van der Waals surface area contributed by atoms with E-state index >= 15 is 0 Å². The Bertz CT molecular complexity index is 339. The van der Waals surface area contributed by atoms with Crippen LogP contribution >= 0.6 is 24.0 Å². The van der Waals surface area contributed by atoms with Crippen molar-refractivity contribution in [1.82, 2.24) is 16.0 Å². The fourth-order valence-electron chi connectivity index (χ4n) is 2.45. The quantitative estimate of drug-likeness (QED) is 0.370. The smallest absolute Gasteiger partial charge is 0.227 e. The summed E-state index contributed by atoms with van der Waals surface area (Å²) in [6, 6.07) is 0.518. The Morgan fingerprint density at radius 2 is 1.86 bits per heavy atom. The van der Waals surface area contributed by atoms with Crippen LogP contribution in [0.15, 0.2) is 4.99 Å². The van der Waals surface area contributed by atoms with E-state index in [9.17, 15) is 4.79 Å². The van der Waals surface area contributed by atoms with Gasteiger partial charge >= 0.3 is 0 Å². The van der Waals surface area contributed by atoms with Crippen LogP contribution in [0.5, 0.6) is 0 Å². The van der Waals surface area contributed by atoms with Crippen molar-refractivity contribution >= 4 is 35.8 Å². The largest absolute Gasteiger partial charge is 0.359 e. The molecule has 0 radical (unpaired) electrons. The second-order valence-electron chi connectivity index (χ2n) is 6.14. The zero-order valence-electron chi connectivity index (χ0n) is 13.8. The first-order chi connectivity index (χ1) is 9.49. The molecule has 5 nitrogen and oxygen atoms in total. The number of rotatable bonds is 5. The van der Waals surface area contributed by atoms with Crippen LogP contribution in [0.1, 0.15) is 52.9 Å². The molecule has 1 aliphatic carbocycles. The number of aliphatic imine (C=N–C) groups is 1. The SMILES string of the molecule is CCNC(=NCC(C)(C)C(=O)NC)NC1CCCCC1.I. The minimum atomic E-state index is -0.482. The lowest BCUT2D eigenvalue weighted by Crippen LogP contribution is -2.45. The normalized spacial score (nSPS) is 16.9. The highest BCUT2D eigenvalue weighted by atomic mass is 127. The van der Waals surface area contributed by atoms with Crippen molar-refractivity contribution in [1.29, 1.82) is 0 Å². The molecule has 0 spiro atoms. The lowest BCUT2D eigenvalue weighted by atomic mass is 9.92. The van der Waals surface area contributed by atoms with E-state index < -0.39 is 5.41 Å². The van der Waals surface area contributed by atoms with Crippen molar-refractivity contribution in [3.8, 4) is 0 Å². The molecule has 21 heavy (non-hydrogen) atoms. The van der Waals surface area contributed by atoms with Crippen LogP contribution in [-0.2, 0) is 4.79 Å². The molecule has 6 heteroatoms. The summed E-state index contributed by atoms with van der Waals surface area (Å²) >= 11 is 0. The standard InChI is InChI=1S/C15H30N4O.HI/c1-5-17-14(19-12-9-7-6-8-10-12)18-11-15(2,3)13(20)16-4;/h12H,5-11H2,1-4H3,(H,16,20)(H2,17,18,19);1H. The summed E-state index contributed by atoms with van der Waals surface area (Å²) in [6.45, 7) is 7.20. The number of nitrogens with zero attached hydrogens (tertiary/aromatic N) is 1. The number of hydrogen-bond donors (Lipinski definition) is 3. The highest BCUT2D eigenvalue weighted by Crippen LogP contribution is 2.18. The molecule has 0 aromatic carbocycles. The third-order valence-electron chi connectivity index (χ3n) is 3.76. The highest BCUT2D eigenvalue weighted by molar-refractivity contribution is 14.0. The van der Waals surface area contributed by atoms with Gasteiger partial charge in [0.1, 0.15) is 0 Å². The Morgan fingerprint density at radius 1 is 1.24 bits per heavy atom. The topological polar surface area (TPSA) is 65.5 Å². The maximum atomic E-state index is 11.8. The first-order valence-corrected chi connectivity index (χ1v) is 7.76. The lowest BCUT2D eigenvalue weighted by Gasteiger charge is -2.26. The molecule has 0 unspecified atom stereocenters. The molecule has 0 aromatic heterocycles. The Labute approximate surface area is 146 Å². The van der Waals surface area contributed by atoms with Gasteiger partial charge in [-0.1, -0.05) is 19.3 Å². The van der Waals surface area contributed by atoms with Gasteiger partial charge in [0, 0.05) is 19.6 Å². The molecule has 0 heterocycles. The summed E-state index contributed by atoms with van der Waals surface area (Å²) in [5.74, 6) is 0.853. The van der Waals surface area contributed by atoms with Crippen molar-refractivity contribution in [3.63, 3.8) is 0 Å². The summed E-state index contributed by atoms with van der Waals surface area (Å²) in [7, 11) is 1.67. The van der Waals surface area contributed by atoms with E-state index in [4.69, 9.17) is 0 Å². The number of hydrogen-bond acceptors (Lipinski definition) is 2. The van der Waals surface area contributed by atoms with Crippen molar-refractivity contribution < 1.29 is 4.79 Å². The summed E-state index contributed by atoms with van der Waals surface area (Å²) in [6.07, 6.45) is 6.35. The summed E-state index contributed by atoms with van der Waals surface area (Å²) in [4.78, 5) is 16.4. The van der Waals surface area contributed by atoms with Crippen LogP contribution in [0.2, 0.25) is 0 Å². The first-order valence-electron chi connectivity index (χ1n) is 7.76. The van der Waals surface area contributed by atoms with Gasteiger partial charge in [-0.25, -0.2) is 0 Å². The van der Waals surface area contributed by atoms with Gasteiger partial charge in [0.2, 0.25) is 5.91 Å². The number of amides is 1. The van der Waals surface area contributed by atoms with E-state index in [0.717, 1.165) is 12.5 Å². The van der Waals surface area contributed by atoms with Gasteiger partial charge in [-0.2, -0.15) is 0 Å². The molecule has 0 atom stereocenters. The maximum Gasteiger partial charge on any atom is 0.227 e. The molecule has 1 fully saturated rings. The molecule has 0 bridgehead atoms. The summed E-state index contributed by atoms with van der Waals surface area (Å²) in [5, 5.41) is 9.45. The van der Waals surface area contributed by atoms with E-state index in [1.54, 1.807) is 7.05 Å². The van der Waals surface area contributed by atoms with Gasteiger partial charge in [0.15, 0.2) is 5.96 Å². The van der Waals surface area contributed by atoms with Gasteiger partial charge in [0.25, 0.3) is 0 Å². The monoisotopic (exact) mass is 410 g/mol. The molecule has 0 saturated heterocycles. The molecule has 1 rings (SSSR count). The summed E-state index contributed by atoms with van der Waals surface area (Å²) in [5.41, 5.74) is -0.482. The van der Waals surface area contributed by atoms with E-state index in [0.29, 0.717) is 12.6 Å². The van der Waals surface area contributed by atoms with Gasteiger partial charge in [-0.05, 0) is 33.6 Å². The Balaban J connectivity index is 0.00000400. The van der Waals surface area contributed by atoms with Gasteiger partial charge in [-0.15, -0.1) is 24.0 Å². The van der Waals surface area contributed by atoms with Crippen molar-refractivity contribution in [2.24, 2.45) is 10.4 Å². The molecular weight excluding hydrogens is 379 g/mol. The van der Waals surface area contributed by atoms with Crippen molar-refractivity contribution in [2.45, 2.75) is 58.9 Å². The third-order valence-corrected chi connectivity index (χ3v) is 3.76. The molecule has 1 saturated carbocycles. The zero-order valence-corrected chi connectivity index (χ0v) is 16.1. The molecule has 1 amide bonds. The molecular formula is C15H31IN4O. The Hall–Kier alpha value is -0.530. The summed E-state index contributed by atoms with van der Waals surface area (Å²) < 4.78 is 0. The van der Waals surface area contributed by atoms with Crippen molar-refractivity contribution in [3.05, 3.63) is 0 Å². The second kappa shape index (κ2) is 10.2. The molecule has 0 aromatic rings. The molecule has 1 aliphatic rings. The van der Waals surface area contributed by atoms with Gasteiger partial charge in [0.05, 0.1) is 12.0 Å². The lowest BCUT2D eigenvalue weighted by molar-refractivity contribution is -0.128. The number of carbonyl (C=O) groups is 1. The van der Waals surface area contributed by atoms with Crippen molar-refractivity contribution in [2.75, 3.05) is 20.1 Å². The molecule has 3 N–H and O–H groups in total. The average Bonchev–Trinajstić information content (AvgIpc) is 2.45. The Kier molecular flexibility index (Phi) is 9.98. The van der Waals surface area contributed by atoms with E-state index in [1.807, 2.05) is 13.8 Å². The van der Waals surface area contributed by atoms with Crippen LogP contribution in [-0.4, -0.2) is 38.0 Å². The minimum absolute atomic E-state index is 0. The Morgan fingerprint density at radius 3 is 2.38 bits per heavy atom. The fraction of sp³-hybridized carbons (Fsp3) is 0.867. The first kappa shape index (κ1) is 20.5.